The van der Waals surface area contributed by atoms with Gasteiger partial charge in [0.2, 0.25) is 0 Å². The van der Waals surface area contributed by atoms with Gasteiger partial charge in [0.25, 0.3) is 0 Å². The van der Waals surface area contributed by atoms with Crippen LogP contribution in [0.5, 0.6) is 0 Å². The van der Waals surface area contributed by atoms with Gasteiger partial charge < -0.3 is 0 Å². The number of ketones is 1. The van der Waals surface area contributed by atoms with Gasteiger partial charge in [0, 0.05) is 0 Å². The van der Waals surface area contributed by atoms with Gasteiger partial charge in [0.15, 0.2) is 0 Å². The van der Waals surface area contributed by atoms with Crippen LogP contribution in [-0.4, -0.2) is 24.2 Å². The van der Waals surface area contributed by atoms with Crippen LogP contribution in [0.1, 0.15) is 66.2 Å². The molecule has 0 N–H and O–H groups in total. The fourth-order valence-corrected chi connectivity index (χ4v) is 17.0. The first-order chi connectivity index (χ1) is 11.6. The average Bonchev–Trinajstić information content (AvgIpc) is 2.57. The SMILES string of the molecule is CCC[CH2][Sn](/[CH]=C/C=C/C=C/C=C/C(C)=O)([CH2]CCC)[CH2]CCC. The van der Waals surface area contributed by atoms with Crippen molar-refractivity contribution in [2.24, 2.45) is 0 Å². The van der Waals surface area contributed by atoms with Crippen LogP contribution in [0.3, 0.4) is 0 Å². The third-order valence-corrected chi connectivity index (χ3v) is 18.5. The van der Waals surface area contributed by atoms with E-state index < -0.39 is 18.4 Å². The molecular weight excluding hydrogens is 399 g/mol. The van der Waals surface area contributed by atoms with Crippen LogP contribution in [0.15, 0.2) is 46.6 Å². The van der Waals surface area contributed by atoms with Gasteiger partial charge >= 0.3 is 155 Å². The first-order valence-electron chi connectivity index (χ1n) is 9.80. The monoisotopic (exact) mass is 438 g/mol. The van der Waals surface area contributed by atoms with Crippen molar-refractivity contribution >= 4 is 24.2 Å². The quantitative estimate of drug-likeness (QED) is 0.160. The fraction of sp³-hybridized carbons (Fsp3) is 0.591. The average molecular weight is 437 g/mol. The Kier molecular flexibility index (Phi) is 15.5. The summed E-state index contributed by atoms with van der Waals surface area (Å²) in [6, 6.07) is 0. The molecule has 0 aromatic carbocycles. The van der Waals surface area contributed by atoms with Gasteiger partial charge in [-0.1, -0.05) is 0 Å². The maximum absolute atomic E-state index is 10.8. The molecule has 0 aliphatic carbocycles. The molecule has 0 heterocycles. The molecule has 0 saturated heterocycles. The minimum atomic E-state index is -2.10. The van der Waals surface area contributed by atoms with E-state index in [2.05, 4.69) is 43.1 Å². The Morgan fingerprint density at radius 1 is 0.708 bits per heavy atom. The Balaban J connectivity index is 4.81. The summed E-state index contributed by atoms with van der Waals surface area (Å²) in [7, 11) is 0. The molecule has 136 valence electrons. The third-order valence-electron chi connectivity index (χ3n) is 4.42. The van der Waals surface area contributed by atoms with Crippen molar-refractivity contribution < 1.29 is 4.79 Å². The van der Waals surface area contributed by atoms with Crippen LogP contribution in [0, 0.1) is 0 Å². The van der Waals surface area contributed by atoms with E-state index in [4.69, 9.17) is 0 Å². The van der Waals surface area contributed by atoms with E-state index in [1.54, 1.807) is 19.1 Å². The van der Waals surface area contributed by atoms with Crippen LogP contribution >= 0.6 is 0 Å². The van der Waals surface area contributed by atoms with Crippen LogP contribution in [0.2, 0.25) is 13.3 Å². The number of rotatable bonds is 14. The van der Waals surface area contributed by atoms with E-state index in [1.807, 2.05) is 12.2 Å². The van der Waals surface area contributed by atoms with Crippen molar-refractivity contribution in [1.29, 1.82) is 0 Å². The Morgan fingerprint density at radius 3 is 1.54 bits per heavy atom. The number of unbranched alkanes of at least 4 members (excludes halogenated alkanes) is 3. The molecule has 0 aromatic heterocycles. The zero-order valence-electron chi connectivity index (χ0n) is 16.4. The maximum atomic E-state index is 10.8. The standard InChI is InChI=1S/C10H11O.3C4H9.Sn/c1-3-4-5-6-7-8-9-10(2)11;3*1-3-4-2;/h1,3-9H,2H3;3*1,3-4H2,2H3;/b3-1?,5-4+,7-6+,9-8+;;;;. The summed E-state index contributed by atoms with van der Waals surface area (Å²) in [5, 5.41) is 0. The van der Waals surface area contributed by atoms with E-state index >= 15 is 0 Å². The molecule has 1 nitrogen and oxygen atoms in total. The third kappa shape index (κ3) is 12.8. The van der Waals surface area contributed by atoms with Gasteiger partial charge in [-0.25, -0.2) is 0 Å². The van der Waals surface area contributed by atoms with Crippen LogP contribution in [0.4, 0.5) is 0 Å². The molecule has 0 bridgehead atoms. The number of hydrogen-bond donors (Lipinski definition) is 0. The molecular formula is C22H38OSn. The van der Waals surface area contributed by atoms with Crippen molar-refractivity contribution in [3.63, 3.8) is 0 Å². The molecule has 0 aliphatic heterocycles. The van der Waals surface area contributed by atoms with E-state index in [0.29, 0.717) is 0 Å². The molecule has 0 fully saturated rings. The number of carbonyl (C=O) groups excluding carboxylic acids is 1. The first-order valence-corrected chi connectivity index (χ1v) is 17.5. The topological polar surface area (TPSA) is 17.1 Å². The molecule has 0 spiro atoms. The van der Waals surface area contributed by atoms with E-state index in [-0.39, 0.29) is 5.78 Å². The zero-order chi connectivity index (χ0) is 18.1. The van der Waals surface area contributed by atoms with Crippen LogP contribution in [0.25, 0.3) is 0 Å². The zero-order valence-corrected chi connectivity index (χ0v) is 19.2. The van der Waals surface area contributed by atoms with Gasteiger partial charge in [-0.3, -0.25) is 0 Å². The van der Waals surface area contributed by atoms with Crippen molar-refractivity contribution in [1.82, 2.24) is 0 Å². The van der Waals surface area contributed by atoms with Gasteiger partial charge in [0.05, 0.1) is 0 Å². The van der Waals surface area contributed by atoms with Gasteiger partial charge in [0.1, 0.15) is 0 Å². The van der Waals surface area contributed by atoms with E-state index in [9.17, 15) is 4.79 Å². The Bertz CT molecular complexity index is 407. The molecule has 0 amide bonds. The Morgan fingerprint density at radius 2 is 1.12 bits per heavy atom. The fourth-order valence-electron chi connectivity index (χ4n) is 2.92. The molecule has 0 rings (SSSR count). The molecule has 0 saturated carbocycles. The Hall–Kier alpha value is -0.571. The summed E-state index contributed by atoms with van der Waals surface area (Å²) in [5.41, 5.74) is 0. The molecule has 24 heavy (non-hydrogen) atoms. The van der Waals surface area contributed by atoms with Crippen molar-refractivity contribution in [3.05, 3.63) is 46.6 Å². The summed E-state index contributed by atoms with van der Waals surface area (Å²) >= 11 is -2.10. The number of allylic oxidation sites excluding steroid dienone is 7. The molecule has 0 aliphatic rings. The number of hydrogen-bond acceptors (Lipinski definition) is 1. The summed E-state index contributed by atoms with van der Waals surface area (Å²) in [5.74, 6) is 0.0881. The summed E-state index contributed by atoms with van der Waals surface area (Å²) in [6.45, 7) is 8.52. The summed E-state index contributed by atoms with van der Waals surface area (Å²) in [6.07, 6.45) is 22.0. The number of carbonyl (C=O) groups is 1. The Labute approximate surface area is 154 Å². The second-order valence-corrected chi connectivity index (χ2v) is 19.8. The minimum absolute atomic E-state index is 0.0881. The molecule has 0 unspecified atom stereocenters. The van der Waals surface area contributed by atoms with Gasteiger partial charge in [-0.2, -0.15) is 0 Å². The van der Waals surface area contributed by atoms with Crippen molar-refractivity contribution in [2.45, 2.75) is 79.5 Å². The predicted molar refractivity (Wildman–Crippen MR) is 112 cm³/mol. The van der Waals surface area contributed by atoms with Gasteiger partial charge in [-0.05, 0) is 0 Å². The molecule has 0 radical (unpaired) electrons. The normalized spacial score (nSPS) is 13.2. The van der Waals surface area contributed by atoms with Crippen LogP contribution < -0.4 is 0 Å². The van der Waals surface area contributed by atoms with E-state index in [1.165, 1.54) is 51.8 Å². The second-order valence-electron chi connectivity index (χ2n) is 6.77. The van der Waals surface area contributed by atoms with Gasteiger partial charge in [-0.15, -0.1) is 0 Å². The van der Waals surface area contributed by atoms with Crippen LogP contribution in [-0.2, 0) is 4.79 Å². The molecule has 0 atom stereocenters. The summed E-state index contributed by atoms with van der Waals surface area (Å²) in [4.78, 5) is 10.8. The van der Waals surface area contributed by atoms with Crippen molar-refractivity contribution in [2.75, 3.05) is 0 Å². The molecule has 2 heteroatoms. The predicted octanol–water partition coefficient (Wildman–Crippen LogP) is 7.19. The first kappa shape index (κ1) is 23.4. The molecule has 0 aromatic rings. The van der Waals surface area contributed by atoms with E-state index in [0.717, 1.165) is 0 Å². The summed E-state index contributed by atoms with van der Waals surface area (Å²) < 4.78 is 7.23. The van der Waals surface area contributed by atoms with Crippen molar-refractivity contribution in [3.8, 4) is 0 Å². The second kappa shape index (κ2) is 15.9.